The standard InChI is InChI=1S/C12H15N5O4S/c13-9-6-4(10(14)22)1-17(11(6)16-3-15-9)12-8(20)7(19)5(2-18)21-12/h1,3,5,7-8,12,18-20H,2H2,(H2,14,22)(H2,13,15,16)/t5-,7+,8+,12-/m0/s1. The Labute approximate surface area is 130 Å². The van der Waals surface area contributed by atoms with E-state index in [1.54, 1.807) is 6.20 Å². The first kappa shape index (κ1) is 15.1. The Morgan fingerprint density at radius 2 is 2.09 bits per heavy atom. The van der Waals surface area contributed by atoms with Crippen LogP contribution in [0.3, 0.4) is 0 Å². The number of aromatic nitrogens is 3. The maximum absolute atomic E-state index is 10.1. The van der Waals surface area contributed by atoms with Crippen LogP contribution in [-0.2, 0) is 4.74 Å². The number of rotatable bonds is 3. The second-order valence-electron chi connectivity index (χ2n) is 5.00. The maximum Gasteiger partial charge on any atom is 0.164 e. The van der Waals surface area contributed by atoms with E-state index in [1.165, 1.54) is 10.9 Å². The number of hydrogen-bond donors (Lipinski definition) is 5. The summed E-state index contributed by atoms with van der Waals surface area (Å²) in [5.74, 6) is 0.193. The molecule has 0 aromatic carbocycles. The molecule has 1 aliphatic heterocycles. The van der Waals surface area contributed by atoms with E-state index >= 15 is 0 Å². The lowest BCUT2D eigenvalue weighted by molar-refractivity contribution is -0.0508. The van der Waals surface area contributed by atoms with Crippen LogP contribution in [0.5, 0.6) is 0 Å². The fourth-order valence-corrected chi connectivity index (χ4v) is 2.75. The fraction of sp³-hybridized carbons (Fsp3) is 0.417. The van der Waals surface area contributed by atoms with Crippen molar-refractivity contribution in [1.29, 1.82) is 0 Å². The van der Waals surface area contributed by atoms with Crippen molar-refractivity contribution in [2.24, 2.45) is 5.73 Å². The lowest BCUT2D eigenvalue weighted by atomic mass is 10.1. The van der Waals surface area contributed by atoms with Gasteiger partial charge in [0.05, 0.1) is 12.0 Å². The zero-order valence-electron chi connectivity index (χ0n) is 11.3. The van der Waals surface area contributed by atoms with Gasteiger partial charge in [-0.1, -0.05) is 12.2 Å². The molecular formula is C12H15N5O4S. The first-order valence-electron chi connectivity index (χ1n) is 6.49. The average Bonchev–Trinajstić information content (AvgIpc) is 3.00. The molecule has 2 aromatic heterocycles. The fourth-order valence-electron chi connectivity index (χ4n) is 2.60. The van der Waals surface area contributed by atoms with E-state index in [-0.39, 0.29) is 10.8 Å². The summed E-state index contributed by atoms with van der Waals surface area (Å²) in [6.45, 7) is -0.423. The van der Waals surface area contributed by atoms with Gasteiger partial charge in [-0.25, -0.2) is 9.97 Å². The van der Waals surface area contributed by atoms with Crippen LogP contribution in [0, 0.1) is 0 Å². The molecule has 118 valence electrons. The summed E-state index contributed by atoms with van der Waals surface area (Å²) in [6, 6.07) is 0. The second kappa shape index (κ2) is 5.41. The highest BCUT2D eigenvalue weighted by atomic mass is 32.1. The van der Waals surface area contributed by atoms with Crippen LogP contribution >= 0.6 is 12.2 Å². The van der Waals surface area contributed by atoms with Gasteiger partial charge < -0.3 is 36.1 Å². The summed E-state index contributed by atoms with van der Waals surface area (Å²) in [5, 5.41) is 29.6. The Morgan fingerprint density at radius 1 is 1.36 bits per heavy atom. The van der Waals surface area contributed by atoms with Gasteiger partial charge in [0.2, 0.25) is 0 Å². The van der Waals surface area contributed by atoms with Gasteiger partial charge in [0, 0.05) is 11.8 Å². The monoisotopic (exact) mass is 325 g/mol. The predicted octanol–water partition coefficient (Wildman–Crippen LogP) is -1.74. The number of aliphatic hydroxyl groups is 3. The topological polar surface area (TPSA) is 153 Å². The molecule has 1 saturated heterocycles. The van der Waals surface area contributed by atoms with E-state index in [1.807, 2.05) is 0 Å². The smallest absolute Gasteiger partial charge is 0.164 e. The van der Waals surface area contributed by atoms with E-state index in [0.29, 0.717) is 16.6 Å². The number of fused-ring (bicyclic) bond motifs is 1. The molecule has 0 aliphatic carbocycles. The van der Waals surface area contributed by atoms with Gasteiger partial charge in [0.1, 0.15) is 41.1 Å². The van der Waals surface area contributed by atoms with Crippen LogP contribution in [0.2, 0.25) is 0 Å². The summed E-state index contributed by atoms with van der Waals surface area (Å²) in [6.07, 6.45) is -1.52. The highest BCUT2D eigenvalue weighted by Crippen LogP contribution is 2.34. The van der Waals surface area contributed by atoms with Crippen molar-refractivity contribution in [3.05, 3.63) is 18.1 Å². The Balaban J connectivity index is 2.16. The number of ether oxygens (including phenoxy) is 1. The van der Waals surface area contributed by atoms with Gasteiger partial charge in [-0.05, 0) is 0 Å². The molecule has 9 nitrogen and oxygen atoms in total. The molecule has 0 spiro atoms. The second-order valence-corrected chi connectivity index (χ2v) is 5.44. The minimum atomic E-state index is -1.25. The zero-order valence-corrected chi connectivity index (χ0v) is 12.1. The highest BCUT2D eigenvalue weighted by Gasteiger charge is 2.44. The quantitative estimate of drug-likeness (QED) is 0.414. The molecule has 1 aliphatic rings. The summed E-state index contributed by atoms with van der Waals surface area (Å²) in [4.78, 5) is 8.12. The molecule has 0 bridgehead atoms. The summed E-state index contributed by atoms with van der Waals surface area (Å²) in [7, 11) is 0. The van der Waals surface area contributed by atoms with E-state index < -0.39 is 31.1 Å². The van der Waals surface area contributed by atoms with Crippen LogP contribution in [0.25, 0.3) is 11.0 Å². The molecule has 3 rings (SSSR count). The van der Waals surface area contributed by atoms with Crippen LogP contribution in [0.4, 0.5) is 5.82 Å². The number of thiocarbonyl (C=S) groups is 1. The van der Waals surface area contributed by atoms with Crippen molar-refractivity contribution in [2.45, 2.75) is 24.5 Å². The van der Waals surface area contributed by atoms with Gasteiger partial charge in [0.15, 0.2) is 6.23 Å². The lowest BCUT2D eigenvalue weighted by Gasteiger charge is -2.17. The maximum atomic E-state index is 10.1. The van der Waals surface area contributed by atoms with E-state index in [2.05, 4.69) is 9.97 Å². The van der Waals surface area contributed by atoms with Crippen molar-refractivity contribution in [2.75, 3.05) is 12.3 Å². The van der Waals surface area contributed by atoms with Gasteiger partial charge in [-0.3, -0.25) is 0 Å². The lowest BCUT2D eigenvalue weighted by Crippen LogP contribution is -2.33. The van der Waals surface area contributed by atoms with E-state index in [0.717, 1.165) is 0 Å². The van der Waals surface area contributed by atoms with Crippen molar-refractivity contribution < 1.29 is 20.1 Å². The average molecular weight is 325 g/mol. The van der Waals surface area contributed by atoms with Gasteiger partial charge in [0.25, 0.3) is 0 Å². The number of anilines is 1. The minimum Gasteiger partial charge on any atom is -0.394 e. The van der Waals surface area contributed by atoms with E-state index in [9.17, 15) is 15.3 Å². The third-order valence-electron chi connectivity index (χ3n) is 3.70. The van der Waals surface area contributed by atoms with E-state index in [4.69, 9.17) is 28.4 Å². The predicted molar refractivity (Wildman–Crippen MR) is 80.8 cm³/mol. The van der Waals surface area contributed by atoms with Gasteiger partial charge in [-0.15, -0.1) is 0 Å². The molecule has 0 radical (unpaired) electrons. The molecule has 0 saturated carbocycles. The SMILES string of the molecule is NC(=S)c1cn([C@H]2O[C@@H](CO)[C@@H](O)[C@H]2O)c2ncnc(N)c12. The third-order valence-corrected chi connectivity index (χ3v) is 3.92. The van der Waals surface area contributed by atoms with Crippen LogP contribution < -0.4 is 11.5 Å². The Bertz CT molecular complexity index is 736. The normalized spacial score (nSPS) is 28.3. The van der Waals surface area contributed by atoms with Crippen molar-refractivity contribution >= 4 is 34.1 Å². The number of nitrogen functional groups attached to an aromatic ring is 1. The molecule has 1 fully saturated rings. The van der Waals surface area contributed by atoms with Crippen LogP contribution in [-0.4, -0.2) is 59.8 Å². The Morgan fingerprint density at radius 3 is 2.68 bits per heavy atom. The largest absolute Gasteiger partial charge is 0.394 e. The molecular weight excluding hydrogens is 310 g/mol. The van der Waals surface area contributed by atoms with Crippen molar-refractivity contribution in [3.8, 4) is 0 Å². The highest BCUT2D eigenvalue weighted by molar-refractivity contribution is 7.80. The number of hydrogen-bond acceptors (Lipinski definition) is 8. The molecule has 3 heterocycles. The third kappa shape index (κ3) is 2.12. The van der Waals surface area contributed by atoms with Gasteiger partial charge >= 0.3 is 0 Å². The zero-order chi connectivity index (χ0) is 16.0. The van der Waals surface area contributed by atoms with Gasteiger partial charge in [-0.2, -0.15) is 0 Å². The molecule has 4 atom stereocenters. The number of nitrogens with zero attached hydrogens (tertiary/aromatic N) is 3. The minimum absolute atomic E-state index is 0.0944. The molecule has 22 heavy (non-hydrogen) atoms. The van der Waals surface area contributed by atoms with Crippen LogP contribution in [0.15, 0.2) is 12.5 Å². The Kier molecular flexibility index (Phi) is 3.70. The summed E-state index contributed by atoms with van der Waals surface area (Å²) in [5.41, 5.74) is 12.4. The van der Waals surface area contributed by atoms with Crippen LogP contribution in [0.1, 0.15) is 11.8 Å². The molecule has 0 unspecified atom stereocenters. The summed E-state index contributed by atoms with van der Waals surface area (Å²) < 4.78 is 6.97. The van der Waals surface area contributed by atoms with Crippen molar-refractivity contribution in [3.63, 3.8) is 0 Å². The molecule has 0 amide bonds. The molecule has 7 N–H and O–H groups in total. The molecule has 10 heteroatoms. The summed E-state index contributed by atoms with van der Waals surface area (Å²) >= 11 is 5.00. The first-order valence-corrected chi connectivity index (χ1v) is 6.89. The number of nitrogens with two attached hydrogens (primary N) is 2. The first-order chi connectivity index (χ1) is 10.5. The Hall–Kier alpha value is -1.85. The number of aliphatic hydroxyl groups excluding tert-OH is 3. The van der Waals surface area contributed by atoms with Crippen molar-refractivity contribution in [1.82, 2.24) is 14.5 Å². The molecule has 2 aromatic rings.